The van der Waals surface area contributed by atoms with Crippen LogP contribution in [-0.4, -0.2) is 22.0 Å². The van der Waals surface area contributed by atoms with Crippen LogP contribution in [0.5, 0.6) is 0 Å². The first kappa shape index (κ1) is 19.2. The van der Waals surface area contributed by atoms with Crippen LogP contribution in [0.2, 0.25) is 0 Å². The third kappa shape index (κ3) is 3.39. The maximum Gasteiger partial charge on any atom is 0.314 e. The van der Waals surface area contributed by atoms with Gasteiger partial charge in [0.25, 0.3) is 0 Å². The SMILES string of the molecule is NCc1ccc2ccc3c(c2c1)NC(=O)CC(=O)N3c1cccc(-c2nc(=S)o[nH]2)c1. The third-order valence-electron chi connectivity index (χ3n) is 5.18. The molecule has 0 unspecified atom stereocenters. The highest BCUT2D eigenvalue weighted by Gasteiger charge is 2.29. The average molecular weight is 431 g/mol. The van der Waals surface area contributed by atoms with Crippen molar-refractivity contribution >= 4 is 51.9 Å². The predicted molar refractivity (Wildman–Crippen MR) is 119 cm³/mol. The number of fused-ring (bicyclic) bond motifs is 3. The van der Waals surface area contributed by atoms with Crippen LogP contribution in [0.15, 0.2) is 59.1 Å². The number of hydrogen-bond donors (Lipinski definition) is 3. The molecule has 5 rings (SSSR count). The van der Waals surface area contributed by atoms with Crippen molar-refractivity contribution in [2.24, 2.45) is 5.73 Å². The van der Waals surface area contributed by atoms with Crippen LogP contribution in [0.4, 0.5) is 17.1 Å². The van der Waals surface area contributed by atoms with Gasteiger partial charge in [0.05, 0.1) is 11.4 Å². The maximum atomic E-state index is 13.1. The Morgan fingerprint density at radius 3 is 2.74 bits per heavy atom. The van der Waals surface area contributed by atoms with E-state index in [2.05, 4.69) is 15.5 Å². The molecule has 31 heavy (non-hydrogen) atoms. The molecule has 2 amide bonds. The van der Waals surface area contributed by atoms with Crippen LogP contribution in [0.3, 0.4) is 0 Å². The minimum Gasteiger partial charge on any atom is -0.348 e. The lowest BCUT2D eigenvalue weighted by molar-refractivity contribution is -0.124. The number of aromatic nitrogens is 2. The molecule has 4 aromatic rings. The Labute approximate surface area is 181 Å². The summed E-state index contributed by atoms with van der Waals surface area (Å²) in [5, 5.41) is 7.34. The summed E-state index contributed by atoms with van der Waals surface area (Å²) >= 11 is 4.93. The number of benzene rings is 3. The zero-order chi connectivity index (χ0) is 21.5. The van der Waals surface area contributed by atoms with Gasteiger partial charge in [-0.2, -0.15) is 4.98 Å². The van der Waals surface area contributed by atoms with E-state index in [1.807, 2.05) is 36.4 Å². The summed E-state index contributed by atoms with van der Waals surface area (Å²) in [5.74, 6) is -0.249. The van der Waals surface area contributed by atoms with E-state index >= 15 is 0 Å². The molecule has 4 N–H and O–H groups in total. The molecular formula is C22H17N5O3S. The van der Waals surface area contributed by atoms with E-state index in [1.165, 1.54) is 0 Å². The van der Waals surface area contributed by atoms with Crippen molar-refractivity contribution in [1.82, 2.24) is 10.1 Å². The van der Waals surface area contributed by atoms with Crippen LogP contribution < -0.4 is 16.0 Å². The second-order valence-corrected chi connectivity index (χ2v) is 7.50. The van der Waals surface area contributed by atoms with Gasteiger partial charge in [-0.3, -0.25) is 14.5 Å². The number of hydrogen-bond acceptors (Lipinski definition) is 6. The van der Waals surface area contributed by atoms with Gasteiger partial charge in [0.15, 0.2) is 5.82 Å². The Hall–Kier alpha value is -3.82. The highest BCUT2D eigenvalue weighted by Crippen LogP contribution is 2.40. The van der Waals surface area contributed by atoms with Crippen LogP contribution >= 0.6 is 12.2 Å². The van der Waals surface area contributed by atoms with Gasteiger partial charge in [-0.05, 0) is 47.4 Å². The number of H-pyrrole nitrogens is 1. The van der Waals surface area contributed by atoms with Crippen LogP contribution in [0.25, 0.3) is 22.2 Å². The molecule has 3 aromatic carbocycles. The summed E-state index contributed by atoms with van der Waals surface area (Å²) in [6, 6.07) is 16.8. The molecule has 2 heterocycles. The smallest absolute Gasteiger partial charge is 0.314 e. The summed E-state index contributed by atoms with van der Waals surface area (Å²) in [6.45, 7) is 0.372. The maximum absolute atomic E-state index is 13.1. The molecule has 154 valence electrons. The lowest BCUT2D eigenvalue weighted by Gasteiger charge is -2.24. The summed E-state index contributed by atoms with van der Waals surface area (Å²) in [5.41, 5.74) is 9.20. The fraction of sp³-hybridized carbons (Fsp3) is 0.0909. The minimum absolute atomic E-state index is 0.0913. The van der Waals surface area contributed by atoms with E-state index in [0.717, 1.165) is 16.3 Å². The molecular weight excluding hydrogens is 414 g/mol. The van der Waals surface area contributed by atoms with Gasteiger partial charge in [0.2, 0.25) is 11.8 Å². The topological polar surface area (TPSA) is 117 Å². The molecule has 0 saturated heterocycles. The second kappa shape index (κ2) is 7.46. The first-order chi connectivity index (χ1) is 15.0. The Balaban J connectivity index is 1.71. The van der Waals surface area contributed by atoms with Crippen LogP contribution in [0, 0.1) is 4.84 Å². The van der Waals surface area contributed by atoms with Crippen LogP contribution in [0.1, 0.15) is 12.0 Å². The molecule has 0 radical (unpaired) electrons. The monoisotopic (exact) mass is 431 g/mol. The second-order valence-electron chi connectivity index (χ2n) is 7.15. The number of carbonyl (C=O) groups is 2. The largest absolute Gasteiger partial charge is 0.348 e. The minimum atomic E-state index is -0.365. The summed E-state index contributed by atoms with van der Waals surface area (Å²) in [6.07, 6.45) is -0.274. The number of anilines is 3. The molecule has 0 bridgehead atoms. The predicted octanol–water partition coefficient (Wildman–Crippen LogP) is 4.02. The number of amides is 2. The van der Waals surface area contributed by atoms with E-state index in [4.69, 9.17) is 22.5 Å². The number of aromatic amines is 1. The van der Waals surface area contributed by atoms with E-state index in [-0.39, 0.29) is 23.1 Å². The van der Waals surface area contributed by atoms with Gasteiger partial charge >= 0.3 is 4.84 Å². The lowest BCUT2D eigenvalue weighted by atomic mass is 10.0. The average Bonchev–Trinajstić information content (AvgIpc) is 3.15. The Kier molecular flexibility index (Phi) is 4.61. The van der Waals surface area contributed by atoms with E-state index in [0.29, 0.717) is 35.0 Å². The third-order valence-corrected chi connectivity index (χ3v) is 5.36. The zero-order valence-electron chi connectivity index (χ0n) is 16.2. The van der Waals surface area contributed by atoms with Gasteiger partial charge in [-0.25, -0.2) is 5.16 Å². The molecule has 9 heteroatoms. The van der Waals surface area contributed by atoms with Crippen molar-refractivity contribution in [1.29, 1.82) is 0 Å². The van der Waals surface area contributed by atoms with E-state index in [1.54, 1.807) is 23.1 Å². The summed E-state index contributed by atoms with van der Waals surface area (Å²) in [7, 11) is 0. The number of rotatable bonds is 3. The van der Waals surface area contributed by atoms with Gasteiger partial charge in [0.1, 0.15) is 6.42 Å². The highest BCUT2D eigenvalue weighted by molar-refractivity contribution is 7.71. The molecule has 0 spiro atoms. The number of nitrogens with zero attached hydrogens (tertiary/aromatic N) is 2. The molecule has 0 atom stereocenters. The van der Waals surface area contributed by atoms with Crippen molar-refractivity contribution < 1.29 is 14.1 Å². The normalized spacial score (nSPS) is 13.8. The van der Waals surface area contributed by atoms with Crippen LogP contribution in [-0.2, 0) is 16.1 Å². The zero-order valence-corrected chi connectivity index (χ0v) is 17.0. The molecule has 1 aliphatic rings. The van der Waals surface area contributed by atoms with Gasteiger partial charge < -0.3 is 15.6 Å². The standard InChI is InChI=1S/C22H17N5O3S/c23-11-12-4-5-13-6-7-17-20(16(13)8-12)24-18(28)10-19(29)27(17)15-3-1-2-14(9-15)21-25-22(31)30-26-21/h1-9H,10-11,23H2,(H,24,28)(H,25,26,31). The van der Waals surface area contributed by atoms with Crippen molar-refractivity contribution in [2.75, 3.05) is 10.2 Å². The Bertz CT molecular complexity index is 1410. The first-order valence-electron chi connectivity index (χ1n) is 9.58. The van der Waals surface area contributed by atoms with E-state index in [9.17, 15) is 9.59 Å². The Morgan fingerprint density at radius 1 is 1.13 bits per heavy atom. The van der Waals surface area contributed by atoms with E-state index < -0.39 is 0 Å². The molecule has 1 aliphatic heterocycles. The first-order valence-corrected chi connectivity index (χ1v) is 9.99. The van der Waals surface area contributed by atoms with Crippen molar-refractivity contribution in [3.8, 4) is 11.4 Å². The molecule has 0 fully saturated rings. The molecule has 0 saturated carbocycles. The fourth-order valence-corrected chi connectivity index (χ4v) is 3.90. The molecule has 8 nitrogen and oxygen atoms in total. The van der Waals surface area contributed by atoms with Crippen molar-refractivity contribution in [2.45, 2.75) is 13.0 Å². The van der Waals surface area contributed by atoms with Gasteiger partial charge in [0, 0.05) is 23.2 Å². The lowest BCUT2D eigenvalue weighted by Crippen LogP contribution is -2.26. The fourth-order valence-electron chi connectivity index (χ4n) is 3.76. The van der Waals surface area contributed by atoms with Crippen molar-refractivity contribution in [3.05, 3.63) is 65.0 Å². The number of nitrogens with two attached hydrogens (primary N) is 1. The molecule has 1 aromatic heterocycles. The highest BCUT2D eigenvalue weighted by atomic mass is 32.1. The summed E-state index contributed by atoms with van der Waals surface area (Å²) < 4.78 is 5.02. The van der Waals surface area contributed by atoms with Crippen molar-refractivity contribution in [3.63, 3.8) is 0 Å². The number of carbonyl (C=O) groups excluding carboxylic acids is 2. The quantitative estimate of drug-likeness (QED) is 0.333. The molecule has 0 aliphatic carbocycles. The Morgan fingerprint density at radius 2 is 1.97 bits per heavy atom. The number of nitrogens with one attached hydrogen (secondary N) is 2. The summed E-state index contributed by atoms with van der Waals surface area (Å²) in [4.78, 5) is 31.4. The van der Waals surface area contributed by atoms with Gasteiger partial charge in [-0.15, -0.1) is 0 Å². The van der Waals surface area contributed by atoms with Gasteiger partial charge in [-0.1, -0.05) is 30.3 Å².